The lowest BCUT2D eigenvalue weighted by Gasteiger charge is -2.33. The monoisotopic (exact) mass is 486 g/mol. The molecule has 0 saturated heterocycles. The first-order valence-corrected chi connectivity index (χ1v) is 11.9. The number of carbonyl (C=O) groups is 3. The van der Waals surface area contributed by atoms with Gasteiger partial charge in [0, 0.05) is 6.54 Å². The van der Waals surface area contributed by atoms with Crippen molar-refractivity contribution in [2.75, 3.05) is 18.6 Å². The number of rotatable bonds is 8. The van der Waals surface area contributed by atoms with Crippen molar-refractivity contribution in [1.82, 2.24) is 4.90 Å². The number of ether oxygens (including phenoxy) is 2. The van der Waals surface area contributed by atoms with Crippen molar-refractivity contribution < 1.29 is 23.9 Å². The molecule has 0 bridgehead atoms. The molecule has 4 rings (SSSR count). The van der Waals surface area contributed by atoms with Gasteiger partial charge in [-0.25, -0.2) is 4.79 Å². The van der Waals surface area contributed by atoms with Crippen LogP contribution in [0.1, 0.15) is 35.3 Å². The first-order valence-electron chi connectivity index (χ1n) is 11.9. The SMILES string of the molecule is COC(=O)COc1cccc(CN2C(=O)c3ccccc3N(Cc3ccccc3)C(=O)[C@@H]2C(C)C)c1. The van der Waals surface area contributed by atoms with Gasteiger partial charge in [-0.3, -0.25) is 9.59 Å². The summed E-state index contributed by atoms with van der Waals surface area (Å²) in [6.45, 7) is 4.29. The van der Waals surface area contributed by atoms with Crippen molar-refractivity contribution in [1.29, 1.82) is 0 Å². The maximum atomic E-state index is 14.0. The van der Waals surface area contributed by atoms with E-state index in [0.717, 1.165) is 11.1 Å². The third-order valence-electron chi connectivity index (χ3n) is 6.19. The average Bonchev–Trinajstić information content (AvgIpc) is 2.97. The van der Waals surface area contributed by atoms with E-state index in [1.54, 1.807) is 34.1 Å². The van der Waals surface area contributed by atoms with Gasteiger partial charge in [0.15, 0.2) is 6.61 Å². The molecule has 0 saturated carbocycles. The molecule has 2 amide bonds. The van der Waals surface area contributed by atoms with Crippen LogP contribution >= 0.6 is 0 Å². The number of para-hydroxylation sites is 1. The van der Waals surface area contributed by atoms with E-state index in [9.17, 15) is 14.4 Å². The van der Waals surface area contributed by atoms with E-state index >= 15 is 0 Å². The Morgan fingerprint density at radius 3 is 2.31 bits per heavy atom. The second-order valence-corrected chi connectivity index (χ2v) is 9.06. The number of methoxy groups -OCH3 is 1. The number of nitrogens with zero attached hydrogens (tertiary/aromatic N) is 2. The van der Waals surface area contributed by atoms with Crippen molar-refractivity contribution >= 4 is 23.5 Å². The van der Waals surface area contributed by atoms with E-state index in [1.165, 1.54) is 7.11 Å². The first kappa shape index (κ1) is 25.0. The number of esters is 1. The molecule has 36 heavy (non-hydrogen) atoms. The van der Waals surface area contributed by atoms with Gasteiger partial charge in [0.1, 0.15) is 11.8 Å². The zero-order valence-corrected chi connectivity index (χ0v) is 20.7. The van der Waals surface area contributed by atoms with Crippen molar-refractivity contribution in [3.8, 4) is 5.75 Å². The van der Waals surface area contributed by atoms with Gasteiger partial charge in [0.25, 0.3) is 5.91 Å². The van der Waals surface area contributed by atoms with Gasteiger partial charge in [-0.05, 0) is 41.3 Å². The van der Waals surface area contributed by atoms with Crippen LogP contribution in [0.3, 0.4) is 0 Å². The molecule has 0 N–H and O–H groups in total. The largest absolute Gasteiger partial charge is 0.482 e. The Morgan fingerprint density at radius 1 is 0.889 bits per heavy atom. The second-order valence-electron chi connectivity index (χ2n) is 9.06. The van der Waals surface area contributed by atoms with Crippen LogP contribution in [-0.4, -0.2) is 42.4 Å². The summed E-state index contributed by atoms with van der Waals surface area (Å²) in [5.41, 5.74) is 2.88. The summed E-state index contributed by atoms with van der Waals surface area (Å²) in [4.78, 5) is 42.8. The van der Waals surface area contributed by atoms with Gasteiger partial charge in [0.05, 0.1) is 24.9 Å². The zero-order chi connectivity index (χ0) is 25.7. The predicted octanol–water partition coefficient (Wildman–Crippen LogP) is 4.45. The molecule has 0 aliphatic carbocycles. The van der Waals surface area contributed by atoms with Crippen LogP contribution in [0.25, 0.3) is 0 Å². The molecule has 1 heterocycles. The summed E-state index contributed by atoms with van der Waals surface area (Å²) in [5, 5.41) is 0. The van der Waals surface area contributed by atoms with Crippen molar-refractivity contribution in [2.45, 2.75) is 33.0 Å². The van der Waals surface area contributed by atoms with Gasteiger partial charge < -0.3 is 19.3 Å². The summed E-state index contributed by atoms with van der Waals surface area (Å²) in [7, 11) is 1.30. The van der Waals surface area contributed by atoms with Gasteiger partial charge in [0.2, 0.25) is 5.91 Å². The minimum absolute atomic E-state index is 0.118. The lowest BCUT2D eigenvalue weighted by molar-refractivity contribution is -0.142. The van der Waals surface area contributed by atoms with Crippen LogP contribution in [0.5, 0.6) is 5.75 Å². The fourth-order valence-electron chi connectivity index (χ4n) is 4.46. The molecule has 0 aromatic heterocycles. The fraction of sp³-hybridized carbons (Fsp3) is 0.276. The van der Waals surface area contributed by atoms with E-state index in [4.69, 9.17) is 4.74 Å². The molecule has 0 spiro atoms. The molecule has 7 heteroatoms. The smallest absolute Gasteiger partial charge is 0.343 e. The molecule has 186 valence electrons. The molecule has 1 atom stereocenters. The number of fused-ring (bicyclic) bond motifs is 1. The van der Waals surface area contributed by atoms with Gasteiger partial charge in [-0.15, -0.1) is 0 Å². The Bertz CT molecular complexity index is 1240. The Hall–Kier alpha value is -4.13. The highest BCUT2D eigenvalue weighted by molar-refractivity contribution is 6.11. The van der Waals surface area contributed by atoms with E-state index < -0.39 is 12.0 Å². The number of hydrogen-bond donors (Lipinski definition) is 0. The quantitative estimate of drug-likeness (QED) is 0.440. The van der Waals surface area contributed by atoms with Crippen LogP contribution < -0.4 is 9.64 Å². The predicted molar refractivity (Wildman–Crippen MR) is 137 cm³/mol. The van der Waals surface area contributed by atoms with E-state index in [2.05, 4.69) is 4.74 Å². The van der Waals surface area contributed by atoms with Crippen molar-refractivity contribution in [3.05, 3.63) is 95.6 Å². The van der Waals surface area contributed by atoms with E-state index in [0.29, 0.717) is 23.5 Å². The summed E-state index contributed by atoms with van der Waals surface area (Å²) in [6.07, 6.45) is 0. The summed E-state index contributed by atoms with van der Waals surface area (Å²) in [5.74, 6) is -0.436. The average molecular weight is 487 g/mol. The lowest BCUT2D eigenvalue weighted by atomic mass is 9.99. The highest BCUT2D eigenvalue weighted by Gasteiger charge is 2.41. The summed E-state index contributed by atoms with van der Waals surface area (Å²) >= 11 is 0. The number of anilines is 1. The van der Waals surface area contributed by atoms with Crippen LogP contribution in [0.2, 0.25) is 0 Å². The molecule has 0 radical (unpaired) electrons. The molecule has 3 aromatic carbocycles. The third-order valence-corrected chi connectivity index (χ3v) is 6.19. The molecule has 7 nitrogen and oxygen atoms in total. The molecular weight excluding hydrogens is 456 g/mol. The third kappa shape index (κ3) is 5.40. The lowest BCUT2D eigenvalue weighted by Crippen LogP contribution is -2.50. The van der Waals surface area contributed by atoms with Gasteiger partial charge >= 0.3 is 5.97 Å². The minimum Gasteiger partial charge on any atom is -0.482 e. The number of amides is 2. The zero-order valence-electron chi connectivity index (χ0n) is 20.7. The first-order chi connectivity index (χ1) is 17.4. The molecule has 1 aliphatic rings. The second kappa shape index (κ2) is 11.1. The maximum Gasteiger partial charge on any atom is 0.343 e. The fourth-order valence-corrected chi connectivity index (χ4v) is 4.46. The molecule has 0 unspecified atom stereocenters. The number of hydrogen-bond acceptors (Lipinski definition) is 5. The molecule has 1 aliphatic heterocycles. The molecule has 0 fully saturated rings. The Kier molecular flexibility index (Phi) is 7.68. The molecular formula is C29H30N2O5. The molecule has 3 aromatic rings. The Morgan fingerprint density at radius 2 is 1.58 bits per heavy atom. The Balaban J connectivity index is 1.69. The topological polar surface area (TPSA) is 76.2 Å². The van der Waals surface area contributed by atoms with Gasteiger partial charge in [-0.1, -0.05) is 68.4 Å². The van der Waals surface area contributed by atoms with Crippen LogP contribution in [-0.2, 0) is 27.4 Å². The highest BCUT2D eigenvalue weighted by atomic mass is 16.6. The standard InChI is InChI=1S/C29H30N2O5/c1-20(2)27-29(34)30(17-21-10-5-4-6-11-21)25-15-8-7-14-24(25)28(33)31(27)18-22-12-9-13-23(16-22)36-19-26(32)35-3/h4-16,20,27H,17-19H2,1-3H3/t27-/m0/s1. The maximum absolute atomic E-state index is 14.0. The number of benzene rings is 3. The Labute approximate surface area is 211 Å². The van der Waals surface area contributed by atoms with Crippen molar-refractivity contribution in [2.24, 2.45) is 5.92 Å². The minimum atomic E-state index is -0.659. The van der Waals surface area contributed by atoms with Gasteiger partial charge in [-0.2, -0.15) is 0 Å². The van der Waals surface area contributed by atoms with Crippen molar-refractivity contribution in [3.63, 3.8) is 0 Å². The number of carbonyl (C=O) groups excluding carboxylic acids is 3. The van der Waals surface area contributed by atoms with Crippen LogP contribution in [0.4, 0.5) is 5.69 Å². The van der Waals surface area contributed by atoms with E-state index in [1.807, 2.05) is 68.4 Å². The summed E-state index contributed by atoms with van der Waals surface area (Å²) < 4.78 is 10.2. The van der Waals surface area contributed by atoms with Crippen LogP contribution in [0, 0.1) is 5.92 Å². The summed E-state index contributed by atoms with van der Waals surface area (Å²) in [6, 6.07) is 23.6. The highest BCUT2D eigenvalue weighted by Crippen LogP contribution is 2.33. The van der Waals surface area contributed by atoms with Crippen LogP contribution in [0.15, 0.2) is 78.9 Å². The van der Waals surface area contributed by atoms with E-state index in [-0.39, 0.29) is 30.9 Å². The normalized spacial score (nSPS) is 15.5.